The van der Waals surface area contributed by atoms with E-state index in [0.29, 0.717) is 11.8 Å². The minimum absolute atomic E-state index is 0.612. The number of nitrogens with one attached hydrogen (secondary N) is 1. The fraction of sp³-hybridized carbons (Fsp3) is 0.636. The van der Waals surface area contributed by atoms with Crippen molar-refractivity contribution in [1.82, 2.24) is 15.3 Å². The van der Waals surface area contributed by atoms with Crippen molar-refractivity contribution in [3.8, 4) is 5.88 Å². The molecular formula is C11H17N3OS. The number of hydrogen-bond donors (Lipinski definition) is 1. The van der Waals surface area contributed by atoms with Crippen LogP contribution in [0.5, 0.6) is 5.88 Å². The molecule has 1 aliphatic heterocycles. The summed E-state index contributed by atoms with van der Waals surface area (Å²) in [5.41, 5.74) is 0. The molecule has 0 bridgehead atoms. The molecule has 5 heteroatoms. The van der Waals surface area contributed by atoms with Crippen molar-refractivity contribution in [2.24, 2.45) is 5.92 Å². The zero-order valence-electron chi connectivity index (χ0n) is 9.48. The van der Waals surface area contributed by atoms with Crippen LogP contribution in [0.1, 0.15) is 12.8 Å². The van der Waals surface area contributed by atoms with Crippen LogP contribution in [0.3, 0.4) is 0 Å². The molecule has 0 saturated carbocycles. The number of piperidine rings is 1. The first kappa shape index (κ1) is 11.7. The Morgan fingerprint density at radius 1 is 1.62 bits per heavy atom. The van der Waals surface area contributed by atoms with E-state index in [0.717, 1.165) is 24.9 Å². The number of ether oxygens (including phenoxy) is 1. The van der Waals surface area contributed by atoms with Gasteiger partial charge in [0.25, 0.3) is 0 Å². The summed E-state index contributed by atoms with van der Waals surface area (Å²) < 4.78 is 5.68. The van der Waals surface area contributed by atoms with E-state index in [1.54, 1.807) is 6.20 Å². The highest BCUT2D eigenvalue weighted by molar-refractivity contribution is 7.98. The van der Waals surface area contributed by atoms with Crippen LogP contribution in [0.25, 0.3) is 0 Å². The second kappa shape index (κ2) is 6.06. The Hall–Kier alpha value is -0.810. The lowest BCUT2D eigenvalue weighted by Crippen LogP contribution is -2.33. The van der Waals surface area contributed by atoms with E-state index in [-0.39, 0.29) is 0 Å². The van der Waals surface area contributed by atoms with Gasteiger partial charge in [0.1, 0.15) is 0 Å². The smallest absolute Gasteiger partial charge is 0.217 e. The van der Waals surface area contributed by atoms with E-state index in [1.165, 1.54) is 24.6 Å². The normalized spacial score (nSPS) is 20.7. The molecule has 1 fully saturated rings. The minimum atomic E-state index is 0.612. The zero-order chi connectivity index (χ0) is 11.2. The molecule has 0 amide bonds. The molecule has 0 aromatic carbocycles. The summed E-state index contributed by atoms with van der Waals surface area (Å²) in [7, 11) is 0. The third-order valence-corrected chi connectivity index (χ3v) is 3.22. The van der Waals surface area contributed by atoms with Gasteiger partial charge in [-0.1, -0.05) is 11.8 Å². The van der Waals surface area contributed by atoms with Crippen molar-refractivity contribution >= 4 is 11.8 Å². The first-order valence-corrected chi connectivity index (χ1v) is 6.81. The average molecular weight is 239 g/mol. The highest BCUT2D eigenvalue weighted by Crippen LogP contribution is 2.15. The van der Waals surface area contributed by atoms with Crippen LogP contribution in [0.2, 0.25) is 0 Å². The molecule has 1 aromatic rings. The van der Waals surface area contributed by atoms with E-state index in [9.17, 15) is 0 Å². The average Bonchev–Trinajstić information content (AvgIpc) is 2.38. The molecule has 88 valence electrons. The zero-order valence-corrected chi connectivity index (χ0v) is 10.3. The van der Waals surface area contributed by atoms with Gasteiger partial charge in [-0.2, -0.15) is 4.98 Å². The van der Waals surface area contributed by atoms with Gasteiger partial charge in [-0.15, -0.1) is 0 Å². The van der Waals surface area contributed by atoms with Crippen molar-refractivity contribution < 1.29 is 4.74 Å². The van der Waals surface area contributed by atoms with Gasteiger partial charge in [0.15, 0.2) is 5.16 Å². The summed E-state index contributed by atoms with van der Waals surface area (Å²) in [5, 5.41) is 4.14. The topological polar surface area (TPSA) is 47.0 Å². The Bertz CT molecular complexity index is 329. The highest BCUT2D eigenvalue weighted by atomic mass is 32.2. The van der Waals surface area contributed by atoms with Crippen molar-refractivity contribution in [3.05, 3.63) is 12.3 Å². The van der Waals surface area contributed by atoms with Gasteiger partial charge >= 0.3 is 0 Å². The Morgan fingerprint density at radius 3 is 3.31 bits per heavy atom. The van der Waals surface area contributed by atoms with Gasteiger partial charge in [-0.3, -0.25) is 0 Å². The van der Waals surface area contributed by atoms with Crippen molar-refractivity contribution in [2.45, 2.75) is 18.0 Å². The second-order valence-corrected chi connectivity index (χ2v) is 4.68. The number of thioether (sulfide) groups is 1. The van der Waals surface area contributed by atoms with Crippen LogP contribution in [-0.2, 0) is 0 Å². The Morgan fingerprint density at radius 2 is 2.56 bits per heavy atom. The minimum Gasteiger partial charge on any atom is -0.477 e. The summed E-state index contributed by atoms with van der Waals surface area (Å²) >= 11 is 1.53. The van der Waals surface area contributed by atoms with E-state index in [2.05, 4.69) is 15.3 Å². The Kier molecular flexibility index (Phi) is 4.42. The molecule has 0 aliphatic carbocycles. The van der Waals surface area contributed by atoms with Crippen LogP contribution < -0.4 is 10.1 Å². The standard InChI is InChI=1S/C11H17N3OS/c1-16-11-13-6-4-10(14-11)15-8-9-3-2-5-12-7-9/h4,6,9,12H,2-3,5,7-8H2,1H3/t9-/m0/s1. The van der Waals surface area contributed by atoms with Crippen LogP contribution in [0.15, 0.2) is 17.4 Å². The summed E-state index contributed by atoms with van der Waals surface area (Å²) in [5.74, 6) is 1.30. The van der Waals surface area contributed by atoms with Gasteiger partial charge in [0, 0.05) is 24.7 Å². The van der Waals surface area contributed by atoms with Crippen LogP contribution in [0.4, 0.5) is 0 Å². The van der Waals surface area contributed by atoms with Gasteiger partial charge in [0.05, 0.1) is 6.61 Å². The van der Waals surface area contributed by atoms with Crippen LogP contribution in [-0.4, -0.2) is 35.9 Å². The van der Waals surface area contributed by atoms with E-state index in [4.69, 9.17) is 4.74 Å². The molecule has 4 nitrogen and oxygen atoms in total. The first-order chi connectivity index (χ1) is 7.88. The predicted octanol–water partition coefficient (Wildman–Crippen LogP) is 1.58. The summed E-state index contributed by atoms with van der Waals surface area (Å²) in [6, 6.07) is 1.82. The first-order valence-electron chi connectivity index (χ1n) is 5.59. The molecule has 1 aliphatic rings. The largest absolute Gasteiger partial charge is 0.477 e. The lowest BCUT2D eigenvalue weighted by atomic mass is 10.0. The maximum Gasteiger partial charge on any atom is 0.217 e. The molecular weight excluding hydrogens is 222 g/mol. The van der Waals surface area contributed by atoms with Gasteiger partial charge in [-0.25, -0.2) is 4.98 Å². The fourth-order valence-corrected chi connectivity index (χ4v) is 2.12. The summed E-state index contributed by atoms with van der Waals surface area (Å²) in [6.07, 6.45) is 6.19. The Balaban J connectivity index is 1.83. The molecule has 1 saturated heterocycles. The van der Waals surface area contributed by atoms with Crippen molar-refractivity contribution in [1.29, 1.82) is 0 Å². The van der Waals surface area contributed by atoms with E-state index in [1.807, 2.05) is 12.3 Å². The SMILES string of the molecule is CSc1nccc(OC[C@H]2CCCNC2)n1. The summed E-state index contributed by atoms with van der Waals surface area (Å²) in [6.45, 7) is 2.94. The van der Waals surface area contributed by atoms with Gasteiger partial charge in [0.2, 0.25) is 5.88 Å². The summed E-state index contributed by atoms with van der Waals surface area (Å²) in [4.78, 5) is 8.40. The number of rotatable bonds is 4. The molecule has 2 heterocycles. The molecule has 0 spiro atoms. The second-order valence-electron chi connectivity index (χ2n) is 3.90. The highest BCUT2D eigenvalue weighted by Gasteiger charge is 2.13. The van der Waals surface area contributed by atoms with Crippen LogP contribution >= 0.6 is 11.8 Å². The molecule has 1 N–H and O–H groups in total. The molecule has 0 unspecified atom stereocenters. The monoisotopic (exact) mass is 239 g/mol. The van der Waals surface area contributed by atoms with Crippen molar-refractivity contribution in [2.75, 3.05) is 26.0 Å². The van der Waals surface area contributed by atoms with Crippen LogP contribution in [0, 0.1) is 5.92 Å². The molecule has 16 heavy (non-hydrogen) atoms. The van der Waals surface area contributed by atoms with Gasteiger partial charge < -0.3 is 10.1 Å². The number of aromatic nitrogens is 2. The predicted molar refractivity (Wildman–Crippen MR) is 64.9 cm³/mol. The van der Waals surface area contributed by atoms with Crippen molar-refractivity contribution in [3.63, 3.8) is 0 Å². The third kappa shape index (κ3) is 3.35. The maximum absolute atomic E-state index is 5.68. The molecule has 2 rings (SSSR count). The van der Waals surface area contributed by atoms with Gasteiger partial charge in [-0.05, 0) is 25.6 Å². The lowest BCUT2D eigenvalue weighted by molar-refractivity contribution is 0.210. The molecule has 1 atom stereocenters. The lowest BCUT2D eigenvalue weighted by Gasteiger charge is -2.22. The van der Waals surface area contributed by atoms with E-state index < -0.39 is 0 Å². The quantitative estimate of drug-likeness (QED) is 0.638. The molecule has 1 aromatic heterocycles. The fourth-order valence-electron chi connectivity index (χ4n) is 1.77. The number of nitrogens with zero attached hydrogens (tertiary/aromatic N) is 2. The Labute approximate surface area is 100 Å². The maximum atomic E-state index is 5.68. The number of hydrogen-bond acceptors (Lipinski definition) is 5. The third-order valence-electron chi connectivity index (χ3n) is 2.66. The van der Waals surface area contributed by atoms with E-state index >= 15 is 0 Å². The molecule has 0 radical (unpaired) electrons.